The minimum absolute atomic E-state index is 0.0460. The zero-order valence-electron chi connectivity index (χ0n) is 8.52. The number of carbonyl (C=O) groups is 1. The summed E-state index contributed by atoms with van der Waals surface area (Å²) in [5.74, 6) is -1.60. The molecule has 0 bridgehead atoms. The minimum Gasteiger partial charge on any atom is -0.481 e. The fourth-order valence-electron chi connectivity index (χ4n) is 1.29. The van der Waals surface area contributed by atoms with Crippen LogP contribution < -0.4 is 5.56 Å². The normalized spacial score (nSPS) is 11.9. The fourth-order valence-corrected chi connectivity index (χ4v) is 1.29. The maximum atomic E-state index is 12.5. The quantitative estimate of drug-likeness (QED) is 0.825. The minimum atomic E-state index is -5.00. The van der Waals surface area contributed by atoms with Gasteiger partial charge in [-0.25, -0.2) is 8.78 Å². The van der Waals surface area contributed by atoms with Gasteiger partial charge in [0.05, 0.1) is 6.42 Å². The van der Waals surface area contributed by atoms with Crippen LogP contribution in [0.15, 0.2) is 10.9 Å². The molecule has 0 spiro atoms. The second-order valence-electron chi connectivity index (χ2n) is 3.32. The van der Waals surface area contributed by atoms with Crippen molar-refractivity contribution in [2.45, 2.75) is 19.0 Å². The summed E-state index contributed by atoms with van der Waals surface area (Å²) in [6.45, 7) is 0. The molecule has 0 amide bonds. The molecule has 1 aromatic heterocycles. The predicted molar refractivity (Wildman–Crippen MR) is 48.4 cm³/mol. The first kappa shape index (κ1) is 14.1. The van der Waals surface area contributed by atoms with Crippen molar-refractivity contribution in [1.29, 1.82) is 0 Å². The molecule has 4 nitrogen and oxygen atoms in total. The number of halogens is 5. The van der Waals surface area contributed by atoms with Crippen molar-refractivity contribution in [3.63, 3.8) is 0 Å². The van der Waals surface area contributed by atoms with E-state index in [1.165, 1.54) is 4.98 Å². The molecule has 9 heteroatoms. The first-order valence-corrected chi connectivity index (χ1v) is 4.46. The van der Waals surface area contributed by atoms with Crippen LogP contribution in [-0.2, 0) is 17.4 Å². The van der Waals surface area contributed by atoms with Gasteiger partial charge in [-0.2, -0.15) is 13.2 Å². The molecule has 1 aromatic rings. The molecule has 1 rings (SSSR count). The Morgan fingerprint density at radius 3 is 2.33 bits per heavy atom. The molecule has 0 saturated heterocycles. The van der Waals surface area contributed by atoms with Crippen molar-refractivity contribution in [2.75, 3.05) is 0 Å². The van der Waals surface area contributed by atoms with Gasteiger partial charge in [0.1, 0.15) is 5.69 Å². The number of hydrogen-bond donors (Lipinski definition) is 2. The summed E-state index contributed by atoms with van der Waals surface area (Å²) in [7, 11) is 0. The van der Waals surface area contributed by atoms with Crippen LogP contribution >= 0.6 is 0 Å². The van der Waals surface area contributed by atoms with E-state index in [0.29, 0.717) is 0 Å². The van der Waals surface area contributed by atoms with Crippen molar-refractivity contribution in [3.05, 3.63) is 33.2 Å². The summed E-state index contributed by atoms with van der Waals surface area (Å²) in [4.78, 5) is 22.9. The highest BCUT2D eigenvalue weighted by Crippen LogP contribution is 2.30. The zero-order chi connectivity index (χ0) is 14.1. The monoisotopic (exact) mass is 271 g/mol. The number of pyridine rings is 1. The van der Waals surface area contributed by atoms with E-state index in [1.54, 1.807) is 0 Å². The lowest BCUT2D eigenvalue weighted by Crippen LogP contribution is -2.24. The number of rotatable bonds is 3. The van der Waals surface area contributed by atoms with Gasteiger partial charge in [0, 0.05) is 11.1 Å². The maximum Gasteiger partial charge on any atom is 0.431 e. The third-order valence-electron chi connectivity index (χ3n) is 2.04. The number of aromatic amines is 1. The number of H-pyrrole nitrogens is 1. The molecule has 2 N–H and O–H groups in total. The summed E-state index contributed by atoms with van der Waals surface area (Å²) in [5, 5.41) is 8.41. The number of nitrogens with one attached hydrogen (secondary N) is 1. The lowest BCUT2D eigenvalue weighted by molar-refractivity contribution is -0.141. The van der Waals surface area contributed by atoms with Crippen LogP contribution in [0.25, 0.3) is 0 Å². The van der Waals surface area contributed by atoms with E-state index >= 15 is 0 Å². The molecule has 0 unspecified atom stereocenters. The Bertz CT molecular complexity index is 520. The second-order valence-corrected chi connectivity index (χ2v) is 3.32. The van der Waals surface area contributed by atoms with E-state index in [1.807, 2.05) is 0 Å². The number of aliphatic carboxylic acids is 1. The lowest BCUT2D eigenvalue weighted by Gasteiger charge is -2.11. The van der Waals surface area contributed by atoms with Crippen LogP contribution in [0.4, 0.5) is 22.0 Å². The number of alkyl halides is 5. The Morgan fingerprint density at radius 2 is 1.94 bits per heavy atom. The highest BCUT2D eigenvalue weighted by Gasteiger charge is 2.34. The summed E-state index contributed by atoms with van der Waals surface area (Å²) >= 11 is 0. The van der Waals surface area contributed by atoms with E-state index in [0.717, 1.165) is 0 Å². The van der Waals surface area contributed by atoms with Crippen molar-refractivity contribution in [2.24, 2.45) is 0 Å². The second kappa shape index (κ2) is 4.75. The topological polar surface area (TPSA) is 70.2 Å². The largest absolute Gasteiger partial charge is 0.481 e. The average Bonchev–Trinajstić information content (AvgIpc) is 2.17. The standard InChI is InChI=1S/C9H6F5NO3/c10-7(11)3-1-5(9(12,13)14)15-8(18)4(3)2-6(16)17/h1,7H,2H2,(H,15,18)(H,16,17). The molecule has 100 valence electrons. The van der Waals surface area contributed by atoms with E-state index in [4.69, 9.17) is 5.11 Å². The van der Waals surface area contributed by atoms with Gasteiger partial charge in [-0.15, -0.1) is 0 Å². The SMILES string of the molecule is O=C(O)Cc1c(C(F)F)cc(C(F)(F)F)[nH]c1=O. The van der Waals surface area contributed by atoms with Crippen LogP contribution in [0.5, 0.6) is 0 Å². The Kier molecular flexibility index (Phi) is 3.73. The van der Waals surface area contributed by atoms with Crippen molar-refractivity contribution < 1.29 is 31.9 Å². The maximum absolute atomic E-state index is 12.5. The molecule has 0 saturated carbocycles. The molecule has 1 heterocycles. The first-order valence-electron chi connectivity index (χ1n) is 4.46. The molecule has 0 aliphatic heterocycles. The molecular formula is C9H6F5NO3. The van der Waals surface area contributed by atoms with Crippen LogP contribution in [0.3, 0.4) is 0 Å². The Hall–Kier alpha value is -1.93. The molecule has 0 aliphatic carbocycles. The lowest BCUT2D eigenvalue weighted by atomic mass is 10.1. The number of carboxylic acids is 1. The number of hydrogen-bond acceptors (Lipinski definition) is 2. The third-order valence-corrected chi connectivity index (χ3v) is 2.04. The van der Waals surface area contributed by atoms with Crippen molar-refractivity contribution >= 4 is 5.97 Å². The van der Waals surface area contributed by atoms with Gasteiger partial charge in [-0.05, 0) is 6.07 Å². The van der Waals surface area contributed by atoms with Crippen LogP contribution in [-0.4, -0.2) is 16.1 Å². The predicted octanol–water partition coefficient (Wildman–Crippen LogP) is 1.96. The van der Waals surface area contributed by atoms with E-state index < -0.39 is 47.4 Å². The summed E-state index contributed by atoms with van der Waals surface area (Å²) < 4.78 is 61.8. The van der Waals surface area contributed by atoms with Crippen molar-refractivity contribution in [3.8, 4) is 0 Å². The molecular weight excluding hydrogens is 265 g/mol. The van der Waals surface area contributed by atoms with Gasteiger partial charge in [0.15, 0.2) is 0 Å². The summed E-state index contributed by atoms with van der Waals surface area (Å²) in [5.41, 5.74) is -5.24. The van der Waals surface area contributed by atoms with Gasteiger partial charge in [-0.1, -0.05) is 0 Å². The summed E-state index contributed by atoms with van der Waals surface area (Å²) in [6.07, 6.45) is -9.44. The van der Waals surface area contributed by atoms with Gasteiger partial charge in [0.25, 0.3) is 12.0 Å². The number of carboxylic acid groups (broad SMARTS) is 1. The Balaban J connectivity index is 3.46. The molecule has 0 atom stereocenters. The average molecular weight is 271 g/mol. The molecule has 0 radical (unpaired) electrons. The first-order chi connectivity index (χ1) is 8.12. The van der Waals surface area contributed by atoms with E-state index in [-0.39, 0.29) is 6.07 Å². The van der Waals surface area contributed by atoms with Crippen LogP contribution in [0, 0.1) is 0 Å². The van der Waals surface area contributed by atoms with E-state index in [9.17, 15) is 31.5 Å². The van der Waals surface area contributed by atoms with Crippen molar-refractivity contribution in [1.82, 2.24) is 4.98 Å². The highest BCUT2D eigenvalue weighted by molar-refractivity contribution is 5.70. The van der Waals surface area contributed by atoms with Gasteiger partial charge < -0.3 is 10.1 Å². The molecule has 0 aliphatic rings. The zero-order valence-corrected chi connectivity index (χ0v) is 8.52. The smallest absolute Gasteiger partial charge is 0.431 e. The number of aromatic nitrogens is 1. The van der Waals surface area contributed by atoms with E-state index in [2.05, 4.69) is 0 Å². The molecule has 18 heavy (non-hydrogen) atoms. The third kappa shape index (κ3) is 3.05. The fraction of sp³-hybridized carbons (Fsp3) is 0.333. The van der Waals surface area contributed by atoms with Gasteiger partial charge in [0.2, 0.25) is 0 Å². The van der Waals surface area contributed by atoms with Crippen LogP contribution in [0.2, 0.25) is 0 Å². The van der Waals surface area contributed by atoms with Gasteiger partial charge >= 0.3 is 12.1 Å². The molecule has 0 fully saturated rings. The highest BCUT2D eigenvalue weighted by atomic mass is 19.4. The summed E-state index contributed by atoms with van der Waals surface area (Å²) in [6, 6.07) is 0.0460. The Morgan fingerprint density at radius 1 is 1.39 bits per heavy atom. The molecule has 0 aromatic carbocycles. The Labute approximate surface area is 96.1 Å². The van der Waals surface area contributed by atoms with Gasteiger partial charge in [-0.3, -0.25) is 9.59 Å². The van der Waals surface area contributed by atoms with Crippen LogP contribution in [0.1, 0.15) is 23.2 Å².